The monoisotopic (exact) mass is 178 g/mol. The van der Waals surface area contributed by atoms with Crippen molar-refractivity contribution in [3.8, 4) is 0 Å². The molecule has 1 rings (SSSR count). The molecule has 1 aromatic rings. The second-order valence-corrected chi connectivity index (χ2v) is 2.56. The van der Waals surface area contributed by atoms with E-state index in [0.717, 1.165) is 5.56 Å². The quantitative estimate of drug-likeness (QED) is 0.704. The van der Waals surface area contributed by atoms with Crippen molar-refractivity contribution in [3.63, 3.8) is 0 Å². The Balaban J connectivity index is 2.68. The minimum Gasteiger partial charge on any atom is -0.465 e. The Morgan fingerprint density at radius 1 is 1.62 bits per heavy atom. The number of hydrogen-bond acceptors (Lipinski definition) is 3. The topological polar surface area (TPSA) is 52.3 Å². The van der Waals surface area contributed by atoms with E-state index in [9.17, 15) is 4.79 Å². The third-order valence-electron chi connectivity index (χ3n) is 1.64. The van der Waals surface area contributed by atoms with E-state index in [1.165, 1.54) is 0 Å². The Bertz CT molecular complexity index is 272. The first kappa shape index (κ1) is 9.74. The molecule has 0 fully saturated rings. The molecule has 0 aliphatic heterocycles. The van der Waals surface area contributed by atoms with E-state index in [1.54, 1.807) is 31.2 Å². The number of ether oxygens (including phenoxy) is 1. The maximum atomic E-state index is 11.2. The second-order valence-electron chi connectivity index (χ2n) is 2.56. The second kappa shape index (κ2) is 4.62. The lowest BCUT2D eigenvalue weighted by atomic mass is 10.1. The average Bonchev–Trinajstić information content (AvgIpc) is 2.18. The van der Waals surface area contributed by atoms with Gasteiger partial charge in [0.05, 0.1) is 6.61 Å². The molecule has 1 unspecified atom stereocenters. The molecular weight excluding hydrogens is 166 g/mol. The molecular formula is C10H12NO2. The van der Waals surface area contributed by atoms with Crippen molar-refractivity contribution < 1.29 is 9.53 Å². The van der Waals surface area contributed by atoms with Crippen LogP contribution in [-0.2, 0) is 9.53 Å². The molecule has 3 heteroatoms. The van der Waals surface area contributed by atoms with Gasteiger partial charge >= 0.3 is 5.97 Å². The van der Waals surface area contributed by atoms with Crippen LogP contribution in [0.2, 0.25) is 0 Å². The predicted molar refractivity (Wildman–Crippen MR) is 48.8 cm³/mol. The molecule has 0 saturated heterocycles. The van der Waals surface area contributed by atoms with Gasteiger partial charge in [-0.25, -0.2) is 4.79 Å². The van der Waals surface area contributed by atoms with Crippen LogP contribution in [0.25, 0.3) is 0 Å². The Morgan fingerprint density at radius 2 is 2.23 bits per heavy atom. The highest BCUT2D eigenvalue weighted by molar-refractivity contribution is 5.77. The van der Waals surface area contributed by atoms with Gasteiger partial charge in [0.15, 0.2) is 0 Å². The number of carbonyl (C=O) groups excluding carboxylic acids is 1. The summed E-state index contributed by atoms with van der Waals surface area (Å²) in [5.74, 6) is -0.395. The van der Waals surface area contributed by atoms with Crippen molar-refractivity contribution >= 4 is 5.97 Å². The zero-order valence-corrected chi connectivity index (χ0v) is 7.49. The van der Waals surface area contributed by atoms with Crippen LogP contribution in [0, 0.1) is 6.07 Å². The summed E-state index contributed by atoms with van der Waals surface area (Å²) < 4.78 is 4.78. The van der Waals surface area contributed by atoms with Crippen LogP contribution in [0.1, 0.15) is 18.5 Å². The minimum atomic E-state index is -0.686. The Hall–Kier alpha value is -1.35. The lowest BCUT2D eigenvalue weighted by Crippen LogP contribution is -2.23. The van der Waals surface area contributed by atoms with Crippen molar-refractivity contribution in [1.29, 1.82) is 0 Å². The highest BCUT2D eigenvalue weighted by atomic mass is 16.5. The molecule has 1 atom stereocenters. The normalized spacial score (nSPS) is 12.2. The fraction of sp³-hybridized carbons (Fsp3) is 0.300. The van der Waals surface area contributed by atoms with Crippen LogP contribution in [0.5, 0.6) is 0 Å². The molecule has 0 spiro atoms. The molecule has 13 heavy (non-hydrogen) atoms. The summed E-state index contributed by atoms with van der Waals surface area (Å²) >= 11 is 0. The van der Waals surface area contributed by atoms with Crippen molar-refractivity contribution in [3.05, 3.63) is 35.9 Å². The SMILES string of the molecule is CCOC(=O)C(N)c1cc[c]cc1. The van der Waals surface area contributed by atoms with E-state index in [2.05, 4.69) is 6.07 Å². The molecule has 2 N–H and O–H groups in total. The molecule has 0 saturated carbocycles. The van der Waals surface area contributed by atoms with Crippen molar-refractivity contribution in [2.24, 2.45) is 5.73 Å². The molecule has 0 aliphatic rings. The first-order valence-corrected chi connectivity index (χ1v) is 4.14. The van der Waals surface area contributed by atoms with Crippen LogP contribution in [0.15, 0.2) is 24.3 Å². The average molecular weight is 178 g/mol. The molecule has 1 radical (unpaired) electrons. The standard InChI is InChI=1S/C10H12NO2/c1-2-13-10(12)9(11)8-6-4-3-5-7-8/h4-7,9H,2,11H2,1H3. The summed E-state index contributed by atoms with van der Waals surface area (Å²) in [7, 11) is 0. The summed E-state index contributed by atoms with van der Waals surface area (Å²) in [4.78, 5) is 11.2. The maximum absolute atomic E-state index is 11.2. The lowest BCUT2D eigenvalue weighted by Gasteiger charge is -2.09. The molecule has 0 amide bonds. The zero-order valence-electron chi connectivity index (χ0n) is 7.49. The molecule has 3 nitrogen and oxygen atoms in total. The van der Waals surface area contributed by atoms with Crippen LogP contribution in [0.4, 0.5) is 0 Å². The van der Waals surface area contributed by atoms with E-state index < -0.39 is 12.0 Å². The van der Waals surface area contributed by atoms with Crippen molar-refractivity contribution in [2.75, 3.05) is 6.61 Å². The first-order chi connectivity index (χ1) is 6.25. The highest BCUT2D eigenvalue weighted by Crippen LogP contribution is 2.10. The summed E-state index contributed by atoms with van der Waals surface area (Å²) in [6.45, 7) is 2.11. The van der Waals surface area contributed by atoms with Gasteiger partial charge in [0.1, 0.15) is 6.04 Å². The van der Waals surface area contributed by atoms with Crippen LogP contribution in [-0.4, -0.2) is 12.6 Å². The Kier molecular flexibility index (Phi) is 3.46. The molecule has 69 valence electrons. The zero-order chi connectivity index (χ0) is 9.68. The van der Waals surface area contributed by atoms with Gasteiger partial charge in [0.2, 0.25) is 0 Å². The molecule has 1 aromatic carbocycles. The van der Waals surface area contributed by atoms with Gasteiger partial charge in [0.25, 0.3) is 0 Å². The molecule has 0 heterocycles. The number of hydrogen-bond donors (Lipinski definition) is 1. The van der Waals surface area contributed by atoms with E-state index in [1.807, 2.05) is 0 Å². The highest BCUT2D eigenvalue weighted by Gasteiger charge is 2.15. The van der Waals surface area contributed by atoms with Crippen LogP contribution in [0.3, 0.4) is 0 Å². The fourth-order valence-electron chi connectivity index (χ4n) is 0.975. The summed E-state index contributed by atoms with van der Waals surface area (Å²) in [5.41, 5.74) is 6.38. The van der Waals surface area contributed by atoms with E-state index in [-0.39, 0.29) is 0 Å². The van der Waals surface area contributed by atoms with E-state index in [4.69, 9.17) is 10.5 Å². The third-order valence-corrected chi connectivity index (χ3v) is 1.64. The Morgan fingerprint density at radius 3 is 2.77 bits per heavy atom. The van der Waals surface area contributed by atoms with E-state index >= 15 is 0 Å². The van der Waals surface area contributed by atoms with Gasteiger partial charge in [-0.05, 0) is 18.6 Å². The molecule has 0 aliphatic carbocycles. The van der Waals surface area contributed by atoms with Gasteiger partial charge in [-0.15, -0.1) is 0 Å². The summed E-state index contributed by atoms with van der Waals surface area (Å²) in [5, 5.41) is 0. The first-order valence-electron chi connectivity index (χ1n) is 4.14. The smallest absolute Gasteiger partial charge is 0.327 e. The number of carbonyl (C=O) groups is 1. The van der Waals surface area contributed by atoms with Gasteiger partial charge in [0, 0.05) is 0 Å². The molecule has 0 aromatic heterocycles. The lowest BCUT2D eigenvalue weighted by molar-refractivity contribution is -0.144. The van der Waals surface area contributed by atoms with Crippen LogP contribution < -0.4 is 5.73 Å². The van der Waals surface area contributed by atoms with Crippen molar-refractivity contribution in [1.82, 2.24) is 0 Å². The van der Waals surface area contributed by atoms with Gasteiger partial charge in [-0.1, -0.05) is 24.3 Å². The molecule has 0 bridgehead atoms. The predicted octanol–water partition coefficient (Wildman–Crippen LogP) is 1.05. The third kappa shape index (κ3) is 2.56. The van der Waals surface area contributed by atoms with Gasteiger partial charge in [-0.3, -0.25) is 0 Å². The van der Waals surface area contributed by atoms with E-state index in [0.29, 0.717) is 6.61 Å². The maximum Gasteiger partial charge on any atom is 0.327 e. The number of esters is 1. The number of nitrogens with two attached hydrogens (primary N) is 1. The number of benzene rings is 1. The largest absolute Gasteiger partial charge is 0.465 e. The Labute approximate surface area is 77.5 Å². The fourth-order valence-corrected chi connectivity index (χ4v) is 0.975. The summed E-state index contributed by atoms with van der Waals surface area (Å²) in [6.07, 6.45) is 0. The van der Waals surface area contributed by atoms with Gasteiger partial charge in [-0.2, -0.15) is 0 Å². The van der Waals surface area contributed by atoms with Gasteiger partial charge < -0.3 is 10.5 Å². The number of rotatable bonds is 3. The summed E-state index contributed by atoms with van der Waals surface area (Å²) in [6, 6.07) is 9.10. The minimum absolute atomic E-state index is 0.353. The van der Waals surface area contributed by atoms with Crippen LogP contribution >= 0.6 is 0 Å². The van der Waals surface area contributed by atoms with Crippen molar-refractivity contribution in [2.45, 2.75) is 13.0 Å².